The van der Waals surface area contributed by atoms with E-state index < -0.39 is 12.1 Å². The normalized spacial score (nSPS) is 17.9. The largest absolute Gasteiger partial charge is 0.471 e. The average molecular weight is 355 g/mol. The van der Waals surface area contributed by atoms with Crippen LogP contribution in [-0.2, 0) is 10.9 Å². The summed E-state index contributed by atoms with van der Waals surface area (Å²) in [6, 6.07) is 6.13. The van der Waals surface area contributed by atoms with Gasteiger partial charge in [-0.2, -0.15) is 18.2 Å². The fraction of sp³-hybridized carbons (Fsp3) is 0.438. The van der Waals surface area contributed by atoms with Crippen LogP contribution in [0.25, 0.3) is 11.4 Å². The topological polar surface area (TPSA) is 68.5 Å². The molecule has 2 aromatic rings. The van der Waals surface area contributed by atoms with Gasteiger partial charge in [0.2, 0.25) is 5.82 Å². The van der Waals surface area contributed by atoms with Crippen molar-refractivity contribution in [2.24, 2.45) is 0 Å². The zero-order valence-corrected chi connectivity index (χ0v) is 13.4. The molecular weight excluding hydrogens is 339 g/mol. The fourth-order valence-electron chi connectivity index (χ4n) is 2.85. The summed E-state index contributed by atoms with van der Waals surface area (Å²) in [4.78, 5) is 17.7. The summed E-state index contributed by atoms with van der Waals surface area (Å²) in [5.74, 6) is -1.71. The molecule has 0 spiro atoms. The fourth-order valence-corrected chi connectivity index (χ4v) is 2.85. The first-order valence-corrected chi connectivity index (χ1v) is 7.71. The number of carbonyl (C=O) groups excluding carboxylic acids is 1. The highest BCUT2D eigenvalue weighted by molar-refractivity contribution is 5.95. The number of carbonyl (C=O) groups is 1. The molecule has 1 atom stereocenters. The number of aromatic nitrogens is 2. The van der Waals surface area contributed by atoms with Crippen molar-refractivity contribution in [2.75, 3.05) is 20.3 Å². The van der Waals surface area contributed by atoms with Gasteiger partial charge in [-0.15, -0.1) is 0 Å². The third kappa shape index (κ3) is 3.65. The van der Waals surface area contributed by atoms with E-state index in [0.717, 1.165) is 12.8 Å². The first kappa shape index (κ1) is 17.4. The van der Waals surface area contributed by atoms with E-state index in [1.54, 1.807) is 24.1 Å². The van der Waals surface area contributed by atoms with E-state index in [-0.39, 0.29) is 17.8 Å². The number of methoxy groups -OCH3 is 1. The molecule has 1 aromatic heterocycles. The molecule has 0 unspecified atom stereocenters. The van der Waals surface area contributed by atoms with Crippen molar-refractivity contribution in [2.45, 2.75) is 25.1 Å². The van der Waals surface area contributed by atoms with Crippen LogP contribution in [0.4, 0.5) is 13.2 Å². The summed E-state index contributed by atoms with van der Waals surface area (Å²) in [7, 11) is 1.59. The summed E-state index contributed by atoms with van der Waals surface area (Å²) in [6.45, 7) is 1.14. The SMILES string of the molecule is COC[C@@H]1CCCN1C(=O)c1ccc(-c2noc(C(F)(F)F)n2)cc1. The molecule has 6 nitrogen and oxygen atoms in total. The van der Waals surface area contributed by atoms with Crippen LogP contribution in [-0.4, -0.2) is 47.3 Å². The molecule has 25 heavy (non-hydrogen) atoms. The molecule has 1 aliphatic heterocycles. The highest BCUT2D eigenvalue weighted by Gasteiger charge is 2.38. The van der Waals surface area contributed by atoms with Crippen LogP contribution >= 0.6 is 0 Å². The van der Waals surface area contributed by atoms with Gasteiger partial charge < -0.3 is 14.2 Å². The van der Waals surface area contributed by atoms with Gasteiger partial charge in [-0.05, 0) is 25.0 Å². The van der Waals surface area contributed by atoms with Crippen molar-refractivity contribution < 1.29 is 27.2 Å². The number of ether oxygens (including phenoxy) is 1. The van der Waals surface area contributed by atoms with E-state index in [1.807, 2.05) is 0 Å². The van der Waals surface area contributed by atoms with Crippen molar-refractivity contribution in [1.29, 1.82) is 0 Å². The van der Waals surface area contributed by atoms with E-state index in [2.05, 4.69) is 14.7 Å². The van der Waals surface area contributed by atoms with Gasteiger partial charge in [-0.25, -0.2) is 0 Å². The standard InChI is InChI=1S/C16H16F3N3O3/c1-24-9-12-3-2-8-22(12)14(23)11-6-4-10(5-7-11)13-20-15(25-21-13)16(17,18)19/h4-7,12H,2-3,8-9H2,1H3/t12-/m0/s1. The first-order valence-electron chi connectivity index (χ1n) is 7.71. The molecule has 1 aliphatic rings. The van der Waals surface area contributed by atoms with Gasteiger partial charge in [-0.1, -0.05) is 17.3 Å². The Morgan fingerprint density at radius 3 is 2.68 bits per heavy atom. The molecule has 1 fully saturated rings. The van der Waals surface area contributed by atoms with E-state index in [1.165, 1.54) is 12.1 Å². The minimum Gasteiger partial charge on any atom is -0.383 e. The minimum atomic E-state index is -4.69. The molecule has 1 saturated heterocycles. The maximum Gasteiger partial charge on any atom is 0.471 e. The summed E-state index contributed by atoms with van der Waals surface area (Å²) in [5.41, 5.74) is 0.789. The Morgan fingerprint density at radius 1 is 1.36 bits per heavy atom. The van der Waals surface area contributed by atoms with Crippen LogP contribution in [0.15, 0.2) is 28.8 Å². The Labute approximate surface area is 141 Å². The summed E-state index contributed by atoms with van der Waals surface area (Å²) in [6.07, 6.45) is -2.88. The average Bonchev–Trinajstić information content (AvgIpc) is 3.24. The van der Waals surface area contributed by atoms with Crippen molar-refractivity contribution in [3.63, 3.8) is 0 Å². The molecule has 1 amide bonds. The molecule has 0 bridgehead atoms. The molecule has 0 aliphatic carbocycles. The molecule has 0 radical (unpaired) electrons. The highest BCUT2D eigenvalue weighted by atomic mass is 19.4. The van der Waals surface area contributed by atoms with Crippen LogP contribution in [0.5, 0.6) is 0 Å². The second-order valence-electron chi connectivity index (χ2n) is 5.75. The number of amides is 1. The first-order chi connectivity index (χ1) is 11.9. The van der Waals surface area contributed by atoms with Crippen LogP contribution < -0.4 is 0 Å². The lowest BCUT2D eigenvalue weighted by atomic mass is 10.1. The molecule has 0 N–H and O–H groups in total. The summed E-state index contributed by atoms with van der Waals surface area (Å²) >= 11 is 0. The zero-order valence-electron chi connectivity index (χ0n) is 13.4. The van der Waals surface area contributed by atoms with Gasteiger partial charge >= 0.3 is 12.1 Å². The Kier molecular flexibility index (Phi) is 4.76. The van der Waals surface area contributed by atoms with Crippen LogP contribution in [0.1, 0.15) is 29.1 Å². The Balaban J connectivity index is 1.76. The van der Waals surface area contributed by atoms with Crippen LogP contribution in [0.3, 0.4) is 0 Å². The second-order valence-corrected chi connectivity index (χ2v) is 5.75. The number of rotatable bonds is 4. The molecule has 3 rings (SSSR count). The summed E-state index contributed by atoms with van der Waals surface area (Å²) in [5, 5.41) is 3.32. The predicted octanol–water partition coefficient (Wildman–Crippen LogP) is 3.01. The van der Waals surface area contributed by atoms with E-state index in [4.69, 9.17) is 4.74 Å². The summed E-state index contributed by atoms with van der Waals surface area (Å²) < 4.78 is 46.9. The zero-order chi connectivity index (χ0) is 18.0. The van der Waals surface area contributed by atoms with Crippen molar-refractivity contribution in [3.05, 3.63) is 35.7 Å². The minimum absolute atomic E-state index is 0.0451. The number of likely N-dealkylation sites (tertiary alicyclic amines) is 1. The molecular formula is C16H16F3N3O3. The maximum absolute atomic E-state index is 12.6. The third-order valence-corrected chi connectivity index (χ3v) is 4.06. The van der Waals surface area contributed by atoms with Gasteiger partial charge in [-0.3, -0.25) is 4.79 Å². The van der Waals surface area contributed by atoms with Gasteiger partial charge in [0.05, 0.1) is 12.6 Å². The van der Waals surface area contributed by atoms with Gasteiger partial charge in [0.15, 0.2) is 0 Å². The number of hydrogen-bond donors (Lipinski definition) is 0. The molecule has 9 heteroatoms. The molecule has 0 saturated carbocycles. The Hall–Kier alpha value is -2.42. The van der Waals surface area contributed by atoms with E-state index in [0.29, 0.717) is 24.3 Å². The lowest BCUT2D eigenvalue weighted by molar-refractivity contribution is -0.159. The maximum atomic E-state index is 12.6. The van der Waals surface area contributed by atoms with Gasteiger partial charge in [0, 0.05) is 24.8 Å². The van der Waals surface area contributed by atoms with Crippen LogP contribution in [0.2, 0.25) is 0 Å². The molecule has 1 aromatic carbocycles. The van der Waals surface area contributed by atoms with Crippen LogP contribution in [0, 0.1) is 0 Å². The van der Waals surface area contributed by atoms with Crippen molar-refractivity contribution in [3.8, 4) is 11.4 Å². The number of nitrogens with zero attached hydrogens (tertiary/aromatic N) is 3. The lowest BCUT2D eigenvalue weighted by Gasteiger charge is -2.24. The van der Waals surface area contributed by atoms with Gasteiger partial charge in [0.25, 0.3) is 5.91 Å². The highest BCUT2D eigenvalue weighted by Crippen LogP contribution is 2.29. The van der Waals surface area contributed by atoms with Gasteiger partial charge in [0.1, 0.15) is 0 Å². The molecule has 134 valence electrons. The smallest absolute Gasteiger partial charge is 0.383 e. The Morgan fingerprint density at radius 2 is 2.08 bits per heavy atom. The third-order valence-electron chi connectivity index (χ3n) is 4.06. The lowest BCUT2D eigenvalue weighted by Crippen LogP contribution is -2.38. The quantitative estimate of drug-likeness (QED) is 0.843. The monoisotopic (exact) mass is 355 g/mol. The van der Waals surface area contributed by atoms with E-state index >= 15 is 0 Å². The molecule has 2 heterocycles. The predicted molar refractivity (Wildman–Crippen MR) is 80.7 cm³/mol. The van der Waals surface area contributed by atoms with Crippen molar-refractivity contribution >= 4 is 5.91 Å². The number of halogens is 3. The number of hydrogen-bond acceptors (Lipinski definition) is 5. The Bertz CT molecular complexity index is 743. The number of alkyl halides is 3. The second kappa shape index (κ2) is 6.83. The van der Waals surface area contributed by atoms with Crippen molar-refractivity contribution in [1.82, 2.24) is 15.0 Å². The van der Waals surface area contributed by atoms with E-state index in [9.17, 15) is 18.0 Å². The number of benzene rings is 1.